The van der Waals surface area contributed by atoms with Crippen molar-refractivity contribution >= 4 is 5.97 Å². The van der Waals surface area contributed by atoms with Gasteiger partial charge in [-0.3, -0.25) is 0 Å². The van der Waals surface area contributed by atoms with Crippen LogP contribution in [-0.4, -0.2) is 12.6 Å². The summed E-state index contributed by atoms with van der Waals surface area (Å²) in [4.78, 5) is 12.2. The molecule has 4 bridgehead atoms. The van der Waals surface area contributed by atoms with Crippen molar-refractivity contribution in [3.05, 3.63) is 65.2 Å². The summed E-state index contributed by atoms with van der Waals surface area (Å²) in [6.45, 7) is 3.02. The number of hydrogen-bond donors (Lipinski definition) is 0. The van der Waals surface area contributed by atoms with E-state index in [-0.39, 0.29) is 5.41 Å². The summed E-state index contributed by atoms with van der Waals surface area (Å²) >= 11 is 0. The molecule has 0 heterocycles. The van der Waals surface area contributed by atoms with Gasteiger partial charge in [-0.05, 0) is 104 Å². The van der Waals surface area contributed by atoms with Crippen LogP contribution in [0.1, 0.15) is 92.6 Å². The van der Waals surface area contributed by atoms with Crippen LogP contribution >= 0.6 is 0 Å². The van der Waals surface area contributed by atoms with Crippen LogP contribution in [0.4, 0.5) is 0 Å². The summed E-state index contributed by atoms with van der Waals surface area (Å²) in [5.74, 6) is 6.31. The Kier molecular flexibility index (Phi) is 6.95. The molecule has 4 aliphatic rings. The summed E-state index contributed by atoms with van der Waals surface area (Å²) in [5, 5.41) is 0. The van der Waals surface area contributed by atoms with Crippen LogP contribution < -0.4 is 4.74 Å². The molecule has 3 nitrogen and oxygen atoms in total. The zero-order chi connectivity index (χ0) is 23.4. The molecule has 0 unspecified atom stereocenters. The lowest BCUT2D eigenvalue weighted by Gasteiger charge is -2.57. The first-order valence-electron chi connectivity index (χ1n) is 13.2. The molecule has 0 radical (unpaired) electrons. The molecule has 0 aromatic heterocycles. The zero-order valence-electron chi connectivity index (χ0n) is 20.4. The van der Waals surface area contributed by atoms with Gasteiger partial charge in [0.1, 0.15) is 11.9 Å². The molecule has 0 spiro atoms. The summed E-state index contributed by atoms with van der Waals surface area (Å²) < 4.78 is 11.6. The van der Waals surface area contributed by atoms with Gasteiger partial charge < -0.3 is 9.47 Å². The molecule has 0 amide bonds. The maximum atomic E-state index is 12.2. The molecule has 0 aliphatic heterocycles. The molecule has 34 heavy (non-hydrogen) atoms. The van der Waals surface area contributed by atoms with E-state index in [9.17, 15) is 4.79 Å². The molecule has 6 rings (SSSR count). The summed E-state index contributed by atoms with van der Waals surface area (Å²) in [5.41, 5.74) is 2.98. The second-order valence-electron chi connectivity index (χ2n) is 10.8. The van der Waals surface area contributed by atoms with Gasteiger partial charge in [0.25, 0.3) is 0 Å². The van der Waals surface area contributed by atoms with Gasteiger partial charge in [0.2, 0.25) is 0 Å². The van der Waals surface area contributed by atoms with E-state index < -0.39 is 5.97 Å². The molecule has 0 atom stereocenters. The third kappa shape index (κ3) is 5.02. The zero-order valence-corrected chi connectivity index (χ0v) is 20.4. The first-order chi connectivity index (χ1) is 16.6. The van der Waals surface area contributed by atoms with Crippen molar-refractivity contribution in [2.24, 2.45) is 17.8 Å². The largest absolute Gasteiger partial charge is 0.493 e. The Hall–Kier alpha value is -2.73. The van der Waals surface area contributed by atoms with E-state index in [1.54, 1.807) is 12.1 Å². The fourth-order valence-electron chi connectivity index (χ4n) is 7.06. The van der Waals surface area contributed by atoms with Gasteiger partial charge >= 0.3 is 5.97 Å². The number of unbranched alkanes of at least 4 members (excludes halogenated alkanes) is 3. The Morgan fingerprint density at radius 2 is 1.65 bits per heavy atom. The van der Waals surface area contributed by atoms with E-state index in [2.05, 4.69) is 31.1 Å². The van der Waals surface area contributed by atoms with Crippen LogP contribution in [0.3, 0.4) is 0 Å². The van der Waals surface area contributed by atoms with Gasteiger partial charge in [0.05, 0.1) is 12.2 Å². The summed E-state index contributed by atoms with van der Waals surface area (Å²) in [6, 6.07) is 15.3. The molecule has 4 saturated carbocycles. The SMILES string of the molecule is CCCCCCOc1ccc(C#COC(=O)c2ccccc2)cc1C12CC3CC(CC(C3)C1)C2. The molecular weight excluding hydrogens is 420 g/mol. The smallest absolute Gasteiger partial charge is 0.352 e. The van der Waals surface area contributed by atoms with Crippen molar-refractivity contribution in [3.8, 4) is 17.8 Å². The number of rotatable bonds is 8. The van der Waals surface area contributed by atoms with Gasteiger partial charge in [-0.25, -0.2) is 4.79 Å². The maximum absolute atomic E-state index is 12.2. The highest BCUT2D eigenvalue weighted by Crippen LogP contribution is 2.61. The fraction of sp³-hybridized carbons (Fsp3) is 0.516. The van der Waals surface area contributed by atoms with E-state index in [1.165, 1.54) is 63.4 Å². The minimum absolute atomic E-state index is 0.228. The quantitative estimate of drug-likeness (QED) is 0.238. The Morgan fingerprint density at radius 3 is 2.32 bits per heavy atom. The van der Waals surface area contributed by atoms with E-state index in [0.717, 1.165) is 42.1 Å². The Balaban J connectivity index is 1.37. The monoisotopic (exact) mass is 456 g/mol. The summed E-state index contributed by atoms with van der Waals surface area (Å²) in [7, 11) is 0. The molecule has 4 fully saturated rings. The van der Waals surface area contributed by atoms with Gasteiger partial charge in [-0.2, -0.15) is 0 Å². The van der Waals surface area contributed by atoms with Crippen molar-refractivity contribution in [1.82, 2.24) is 0 Å². The molecule has 2 aromatic carbocycles. The topological polar surface area (TPSA) is 35.5 Å². The summed E-state index contributed by atoms with van der Waals surface area (Å²) in [6.07, 6.45) is 15.6. The highest BCUT2D eigenvalue weighted by atomic mass is 16.5. The van der Waals surface area contributed by atoms with Crippen molar-refractivity contribution in [2.75, 3.05) is 6.61 Å². The van der Waals surface area contributed by atoms with Crippen LogP contribution in [0.25, 0.3) is 0 Å². The van der Waals surface area contributed by atoms with Crippen LogP contribution in [0.2, 0.25) is 0 Å². The van der Waals surface area contributed by atoms with Crippen LogP contribution in [0, 0.1) is 29.8 Å². The van der Waals surface area contributed by atoms with Gasteiger partial charge in [0, 0.05) is 11.1 Å². The van der Waals surface area contributed by atoms with E-state index >= 15 is 0 Å². The fourth-order valence-corrected chi connectivity index (χ4v) is 7.06. The van der Waals surface area contributed by atoms with Gasteiger partial charge in [0.15, 0.2) is 0 Å². The average molecular weight is 457 g/mol. The Morgan fingerprint density at radius 1 is 0.941 bits per heavy atom. The lowest BCUT2D eigenvalue weighted by atomic mass is 9.48. The first-order valence-corrected chi connectivity index (χ1v) is 13.2. The van der Waals surface area contributed by atoms with E-state index in [1.807, 2.05) is 24.3 Å². The highest BCUT2D eigenvalue weighted by molar-refractivity contribution is 5.90. The predicted molar refractivity (Wildman–Crippen MR) is 135 cm³/mol. The number of carbonyl (C=O) groups is 1. The second kappa shape index (κ2) is 10.3. The molecule has 178 valence electrons. The molecule has 4 aliphatic carbocycles. The molecule has 2 aromatic rings. The maximum Gasteiger partial charge on any atom is 0.352 e. The minimum Gasteiger partial charge on any atom is -0.493 e. The van der Waals surface area contributed by atoms with Crippen molar-refractivity contribution in [2.45, 2.75) is 76.5 Å². The van der Waals surface area contributed by atoms with E-state index in [0.29, 0.717) is 5.56 Å². The molecule has 0 saturated heterocycles. The lowest BCUT2D eigenvalue weighted by molar-refractivity contribution is -0.00641. The third-order valence-electron chi connectivity index (χ3n) is 8.19. The minimum atomic E-state index is -0.415. The standard InChI is InChI=1S/C31H36O3/c1-2-3-4-8-14-33-29-12-11-23(13-15-34-30(32)27-9-6-5-7-10-27)19-28(29)31-20-24-16-25(21-31)18-26(17-24)22-31/h5-7,9-12,19,24-26H,2-4,8,14,16-18,20-22H2,1H3. The second-order valence-corrected chi connectivity index (χ2v) is 10.8. The Labute approximate surface area is 204 Å². The number of hydrogen-bond acceptors (Lipinski definition) is 3. The van der Waals surface area contributed by atoms with Crippen molar-refractivity contribution in [1.29, 1.82) is 0 Å². The Bertz CT molecular complexity index is 1020. The van der Waals surface area contributed by atoms with Crippen LogP contribution in [0.15, 0.2) is 48.5 Å². The number of benzene rings is 2. The normalized spacial score (nSPS) is 26.6. The lowest BCUT2D eigenvalue weighted by Crippen LogP contribution is -2.48. The number of ether oxygens (including phenoxy) is 2. The van der Waals surface area contributed by atoms with Gasteiger partial charge in [-0.15, -0.1) is 0 Å². The molecule has 3 heteroatoms. The van der Waals surface area contributed by atoms with E-state index in [4.69, 9.17) is 9.47 Å². The molecular formula is C31H36O3. The van der Waals surface area contributed by atoms with Crippen LogP contribution in [0.5, 0.6) is 5.75 Å². The molecule has 0 N–H and O–H groups in total. The third-order valence-corrected chi connectivity index (χ3v) is 8.19. The average Bonchev–Trinajstić information content (AvgIpc) is 2.84. The number of esters is 1. The van der Waals surface area contributed by atoms with Crippen LogP contribution in [-0.2, 0) is 10.2 Å². The van der Waals surface area contributed by atoms with Gasteiger partial charge in [-0.1, -0.05) is 44.4 Å². The van der Waals surface area contributed by atoms with Crippen molar-refractivity contribution < 1.29 is 14.3 Å². The first kappa shape index (κ1) is 23.0. The van der Waals surface area contributed by atoms with Crippen molar-refractivity contribution in [3.63, 3.8) is 0 Å². The number of carbonyl (C=O) groups excluding carboxylic acids is 1. The predicted octanol–water partition coefficient (Wildman–Crippen LogP) is 7.28. The highest BCUT2D eigenvalue weighted by Gasteiger charge is 2.52.